The topological polar surface area (TPSA) is 70.4 Å². The van der Waals surface area contributed by atoms with Crippen LogP contribution in [0.5, 0.6) is 0 Å². The van der Waals surface area contributed by atoms with E-state index in [1.165, 1.54) is 0 Å². The van der Waals surface area contributed by atoms with Gasteiger partial charge in [-0.15, -0.1) is 0 Å². The molecule has 1 atom stereocenters. The first-order valence-electron chi connectivity index (χ1n) is 3.71. The quantitative estimate of drug-likeness (QED) is 0.754. The lowest BCUT2D eigenvalue weighted by atomic mass is 10.1. The molecule has 0 aliphatic heterocycles. The number of carbonyl (C=O) groups is 1. The maximum atomic E-state index is 12.9. The van der Waals surface area contributed by atoms with E-state index in [9.17, 15) is 14.3 Å². The Hall–Kier alpha value is -1.20. The van der Waals surface area contributed by atoms with Crippen molar-refractivity contribution >= 4 is 17.6 Å². The van der Waals surface area contributed by atoms with Crippen molar-refractivity contribution in [3.05, 3.63) is 28.8 Å². The monoisotopic (exact) mass is 219 g/mol. The van der Waals surface area contributed by atoms with Gasteiger partial charge in [0.25, 0.3) is 0 Å². The van der Waals surface area contributed by atoms with Gasteiger partial charge in [-0.3, -0.25) is 4.79 Å². The highest BCUT2D eigenvalue weighted by atomic mass is 35.5. The largest absolute Gasteiger partial charge is 0.481 e. The van der Waals surface area contributed by atoms with Gasteiger partial charge in [-0.1, -0.05) is 11.6 Å². The van der Waals surface area contributed by atoms with Crippen LogP contribution in [0.15, 0.2) is 12.3 Å². The molecule has 0 bridgehead atoms. The van der Waals surface area contributed by atoms with Gasteiger partial charge in [0, 0.05) is 11.8 Å². The number of aliphatic hydroxyl groups excluding tert-OH is 1. The molecule has 0 radical (unpaired) electrons. The van der Waals surface area contributed by atoms with Crippen molar-refractivity contribution in [3.8, 4) is 0 Å². The van der Waals surface area contributed by atoms with Crippen molar-refractivity contribution in [1.29, 1.82) is 0 Å². The van der Waals surface area contributed by atoms with Crippen LogP contribution in [0.2, 0.25) is 5.02 Å². The van der Waals surface area contributed by atoms with Crippen LogP contribution in [0, 0.1) is 5.95 Å². The Morgan fingerprint density at radius 2 is 2.36 bits per heavy atom. The summed E-state index contributed by atoms with van der Waals surface area (Å²) < 4.78 is 12.9. The fourth-order valence-corrected chi connectivity index (χ4v) is 1.11. The third-order valence-corrected chi connectivity index (χ3v) is 1.77. The summed E-state index contributed by atoms with van der Waals surface area (Å²) in [6, 6.07) is 1.15. The average molecular weight is 220 g/mol. The molecule has 0 saturated heterocycles. The van der Waals surface area contributed by atoms with Crippen LogP contribution in [-0.4, -0.2) is 21.2 Å². The first-order chi connectivity index (χ1) is 6.50. The van der Waals surface area contributed by atoms with E-state index in [2.05, 4.69) is 4.98 Å². The molecule has 76 valence electrons. The Morgan fingerprint density at radius 1 is 1.71 bits per heavy atom. The molecule has 0 saturated carbocycles. The summed E-state index contributed by atoms with van der Waals surface area (Å²) >= 11 is 5.51. The summed E-state index contributed by atoms with van der Waals surface area (Å²) in [5.74, 6) is -2.14. The zero-order valence-electron chi connectivity index (χ0n) is 6.94. The number of carboxylic acid groups (broad SMARTS) is 1. The average Bonchev–Trinajstić information content (AvgIpc) is 2.08. The van der Waals surface area contributed by atoms with Gasteiger partial charge >= 0.3 is 5.97 Å². The summed E-state index contributed by atoms with van der Waals surface area (Å²) in [7, 11) is 0. The van der Waals surface area contributed by atoms with Gasteiger partial charge in [0.2, 0.25) is 5.95 Å². The van der Waals surface area contributed by atoms with E-state index in [-0.39, 0.29) is 10.6 Å². The van der Waals surface area contributed by atoms with Crippen LogP contribution in [0.3, 0.4) is 0 Å². The van der Waals surface area contributed by atoms with Crippen molar-refractivity contribution < 1.29 is 19.4 Å². The molecule has 0 unspecified atom stereocenters. The van der Waals surface area contributed by atoms with Crippen LogP contribution in [0.4, 0.5) is 4.39 Å². The van der Waals surface area contributed by atoms with E-state index >= 15 is 0 Å². The standard InChI is InChI=1S/C8H7ClFNO3/c9-4-1-5(8(10)11-3-4)6(12)2-7(13)14/h1,3,6,12H,2H2,(H,13,14)/t6-/m0/s1. The van der Waals surface area contributed by atoms with Gasteiger partial charge < -0.3 is 10.2 Å². The van der Waals surface area contributed by atoms with E-state index in [4.69, 9.17) is 16.7 Å². The Morgan fingerprint density at radius 3 is 2.93 bits per heavy atom. The molecule has 0 aliphatic carbocycles. The molecule has 2 N–H and O–H groups in total. The van der Waals surface area contributed by atoms with Crippen LogP contribution in [0.1, 0.15) is 18.1 Å². The van der Waals surface area contributed by atoms with Crippen molar-refractivity contribution in [3.63, 3.8) is 0 Å². The molecule has 1 aromatic heterocycles. The second-order valence-corrected chi connectivity index (χ2v) is 3.08. The minimum Gasteiger partial charge on any atom is -0.481 e. The summed E-state index contributed by atoms with van der Waals surface area (Å²) in [6.45, 7) is 0. The number of hydrogen-bond donors (Lipinski definition) is 2. The number of aromatic nitrogens is 1. The number of carboxylic acids is 1. The maximum absolute atomic E-state index is 12.9. The summed E-state index contributed by atoms with van der Waals surface area (Å²) in [6.07, 6.45) is -0.939. The second kappa shape index (κ2) is 4.34. The number of halogens is 2. The number of nitrogens with zero attached hydrogens (tertiary/aromatic N) is 1. The molecule has 6 heteroatoms. The highest BCUT2D eigenvalue weighted by Gasteiger charge is 2.17. The van der Waals surface area contributed by atoms with Gasteiger partial charge in [0.05, 0.1) is 17.5 Å². The van der Waals surface area contributed by atoms with Crippen LogP contribution in [-0.2, 0) is 4.79 Å². The van der Waals surface area contributed by atoms with Gasteiger partial charge in [-0.2, -0.15) is 4.39 Å². The minimum atomic E-state index is -1.43. The Kier molecular flexibility index (Phi) is 3.38. The SMILES string of the molecule is O=C(O)C[C@H](O)c1cc(Cl)cnc1F. The first kappa shape index (κ1) is 10.9. The van der Waals surface area contributed by atoms with Crippen molar-refractivity contribution in [2.45, 2.75) is 12.5 Å². The summed E-state index contributed by atoms with van der Waals surface area (Å²) in [5, 5.41) is 17.8. The third kappa shape index (κ3) is 2.65. The van der Waals surface area contributed by atoms with Crippen LogP contribution in [0.25, 0.3) is 0 Å². The minimum absolute atomic E-state index is 0.144. The van der Waals surface area contributed by atoms with Crippen molar-refractivity contribution in [2.24, 2.45) is 0 Å². The molecule has 4 nitrogen and oxygen atoms in total. The van der Waals surface area contributed by atoms with Gasteiger partial charge in [-0.05, 0) is 6.07 Å². The van der Waals surface area contributed by atoms with E-state index in [1.54, 1.807) is 0 Å². The highest BCUT2D eigenvalue weighted by molar-refractivity contribution is 6.30. The zero-order chi connectivity index (χ0) is 10.7. The normalized spacial score (nSPS) is 12.5. The molecule has 1 rings (SSSR count). The Labute approximate surface area is 84.0 Å². The first-order valence-corrected chi connectivity index (χ1v) is 4.09. The number of aliphatic carboxylic acids is 1. The molecular formula is C8H7ClFNO3. The van der Waals surface area contributed by atoms with Gasteiger partial charge in [0.15, 0.2) is 0 Å². The Balaban J connectivity index is 2.93. The number of hydrogen-bond acceptors (Lipinski definition) is 3. The summed E-state index contributed by atoms with van der Waals surface area (Å²) in [5.41, 5.74) is -0.208. The maximum Gasteiger partial charge on any atom is 0.306 e. The Bertz CT molecular complexity index is 358. The smallest absolute Gasteiger partial charge is 0.306 e. The molecule has 0 aliphatic rings. The lowest BCUT2D eigenvalue weighted by molar-refractivity contribution is -0.139. The van der Waals surface area contributed by atoms with Gasteiger partial charge in [-0.25, -0.2) is 4.98 Å². The number of pyridine rings is 1. The van der Waals surface area contributed by atoms with Gasteiger partial charge in [0.1, 0.15) is 0 Å². The van der Waals surface area contributed by atoms with E-state index < -0.39 is 24.4 Å². The fourth-order valence-electron chi connectivity index (χ4n) is 0.947. The molecule has 1 heterocycles. The molecule has 14 heavy (non-hydrogen) atoms. The van der Waals surface area contributed by atoms with Crippen molar-refractivity contribution in [1.82, 2.24) is 4.98 Å². The summed E-state index contributed by atoms with van der Waals surface area (Å²) in [4.78, 5) is 13.5. The predicted molar refractivity (Wildman–Crippen MR) is 46.4 cm³/mol. The van der Waals surface area contributed by atoms with E-state index in [0.717, 1.165) is 12.3 Å². The molecular weight excluding hydrogens is 213 g/mol. The van der Waals surface area contributed by atoms with Crippen LogP contribution >= 0.6 is 11.6 Å². The van der Waals surface area contributed by atoms with E-state index in [1.807, 2.05) is 0 Å². The molecule has 0 fully saturated rings. The molecule has 0 spiro atoms. The van der Waals surface area contributed by atoms with E-state index in [0.29, 0.717) is 0 Å². The lowest BCUT2D eigenvalue weighted by Crippen LogP contribution is -2.08. The zero-order valence-corrected chi connectivity index (χ0v) is 7.70. The molecule has 0 amide bonds. The highest BCUT2D eigenvalue weighted by Crippen LogP contribution is 2.21. The lowest BCUT2D eigenvalue weighted by Gasteiger charge is -2.08. The second-order valence-electron chi connectivity index (χ2n) is 2.65. The third-order valence-electron chi connectivity index (χ3n) is 1.56. The number of aliphatic hydroxyl groups is 1. The number of rotatable bonds is 3. The fraction of sp³-hybridized carbons (Fsp3) is 0.250. The van der Waals surface area contributed by atoms with Crippen molar-refractivity contribution in [2.75, 3.05) is 0 Å². The molecule has 1 aromatic rings. The van der Waals surface area contributed by atoms with Crippen LogP contribution < -0.4 is 0 Å². The molecule has 0 aromatic carbocycles. The predicted octanol–water partition coefficient (Wildman–Crippen LogP) is 1.38.